The predicted octanol–water partition coefficient (Wildman–Crippen LogP) is 12.0. The summed E-state index contributed by atoms with van der Waals surface area (Å²) in [7, 11) is 0. The van der Waals surface area contributed by atoms with E-state index in [0.29, 0.717) is 0 Å². The van der Waals surface area contributed by atoms with Crippen LogP contribution >= 0.6 is 0 Å². The Hall–Kier alpha value is -6.26. The zero-order chi connectivity index (χ0) is 38.0. The summed E-state index contributed by atoms with van der Waals surface area (Å²) >= 11 is 0. The van der Waals surface area contributed by atoms with E-state index in [-0.39, 0.29) is 5.54 Å². The van der Waals surface area contributed by atoms with Crippen molar-refractivity contribution in [3.05, 3.63) is 162 Å². The molecule has 2 aliphatic heterocycles. The molecule has 0 N–H and O–H groups in total. The predicted molar refractivity (Wildman–Crippen MR) is 233 cm³/mol. The van der Waals surface area contributed by atoms with Gasteiger partial charge in [0, 0.05) is 63.2 Å². The number of pyridine rings is 2. The number of hydrogen-bond acceptors (Lipinski definition) is 1. The van der Waals surface area contributed by atoms with Crippen LogP contribution in [-0.4, -0.2) is 4.40 Å². The second-order valence-electron chi connectivity index (χ2n) is 16.7. The summed E-state index contributed by atoms with van der Waals surface area (Å²) in [6.45, 7) is 10.3. The number of hydrogen-bond donors (Lipinski definition) is 0. The first-order chi connectivity index (χ1) is 28.1. The van der Waals surface area contributed by atoms with Crippen LogP contribution in [-0.2, 0) is 37.8 Å². The molecular weight excluding hydrogens is 695 g/mol. The molecule has 12 rings (SSSR count). The standard InChI is InChI=1S/C53H45N3O/c1-4-6-14-35-16-11-20-40-41-26-27-47-49(52(41)57-51(35)40)42-21-13-19-39-44-30-43-36(29-48(44)55(47)50(39)42)25-24-34-15-7-8-18-38(34)45-22-9-10-28-54(45)32-33(3)53(5-2)31-37-17-12-23-46(43)56(37)53/h7-13,15-23,26-30H,3-6,14,24-25,31-32H2,1-2H3/q+2. The maximum absolute atomic E-state index is 6.96. The normalized spacial score (nSPS) is 16.7. The van der Waals surface area contributed by atoms with Gasteiger partial charge < -0.3 is 8.82 Å². The number of benzene rings is 5. The van der Waals surface area contributed by atoms with Gasteiger partial charge in [-0.15, -0.1) is 0 Å². The quantitative estimate of drug-likeness (QED) is 0.130. The van der Waals surface area contributed by atoms with E-state index in [1.54, 1.807) is 0 Å². The minimum absolute atomic E-state index is 0.161. The second kappa shape index (κ2) is 12.1. The van der Waals surface area contributed by atoms with Crippen molar-refractivity contribution in [1.82, 2.24) is 4.40 Å². The SMILES string of the molecule is C=C1C[n+]2ccccc2-c2ccccc2CCc2cc3c(cc2-c2cccc4[n+]2C1(CC)C4)c1cccc2c4c5oc6c(CCCC)cccc6c5ccc4n3c12. The summed E-state index contributed by atoms with van der Waals surface area (Å²) in [5.41, 5.74) is 17.5. The van der Waals surface area contributed by atoms with Crippen molar-refractivity contribution in [2.45, 2.75) is 70.9 Å². The van der Waals surface area contributed by atoms with Crippen molar-refractivity contribution in [2.75, 3.05) is 0 Å². The van der Waals surface area contributed by atoms with Gasteiger partial charge in [-0.3, -0.25) is 0 Å². The first-order valence-corrected chi connectivity index (χ1v) is 21.0. The maximum atomic E-state index is 6.96. The number of aryl methyl sites for hydroxylation is 3. The van der Waals surface area contributed by atoms with Crippen LogP contribution < -0.4 is 9.13 Å². The van der Waals surface area contributed by atoms with Crippen molar-refractivity contribution >= 4 is 60.0 Å². The highest BCUT2D eigenvalue weighted by Crippen LogP contribution is 2.46. The molecule has 2 aliphatic rings. The van der Waals surface area contributed by atoms with Crippen LogP contribution in [0, 0.1) is 0 Å². The monoisotopic (exact) mass is 739 g/mol. The van der Waals surface area contributed by atoms with Crippen molar-refractivity contribution in [3.63, 3.8) is 0 Å². The number of rotatable bonds is 4. The second-order valence-corrected chi connectivity index (χ2v) is 16.7. The summed E-state index contributed by atoms with van der Waals surface area (Å²) in [5, 5.41) is 7.48. The number of furan rings is 1. The van der Waals surface area contributed by atoms with Crippen molar-refractivity contribution in [3.8, 4) is 22.5 Å². The van der Waals surface area contributed by atoms with E-state index in [1.165, 1.54) is 106 Å². The Morgan fingerprint density at radius 3 is 2.39 bits per heavy atom. The summed E-state index contributed by atoms with van der Waals surface area (Å²) < 4.78 is 14.6. The highest BCUT2D eigenvalue weighted by molar-refractivity contribution is 6.29. The minimum atomic E-state index is -0.161. The Balaban J connectivity index is 1.15. The summed E-state index contributed by atoms with van der Waals surface area (Å²) in [6, 6.07) is 45.8. The minimum Gasteiger partial charge on any atom is -0.455 e. The van der Waals surface area contributed by atoms with Gasteiger partial charge in [0.2, 0.25) is 16.9 Å². The van der Waals surface area contributed by atoms with E-state index in [1.807, 2.05) is 0 Å². The first-order valence-electron chi connectivity index (χ1n) is 21.0. The van der Waals surface area contributed by atoms with Gasteiger partial charge in [-0.1, -0.05) is 81.4 Å². The van der Waals surface area contributed by atoms with Crippen molar-refractivity contribution in [2.24, 2.45) is 0 Å². The summed E-state index contributed by atoms with van der Waals surface area (Å²) in [5.74, 6) is 0. The van der Waals surface area contributed by atoms with E-state index in [0.717, 1.165) is 56.2 Å². The maximum Gasteiger partial charge on any atom is 0.213 e. The molecule has 0 bridgehead atoms. The summed E-state index contributed by atoms with van der Waals surface area (Å²) in [4.78, 5) is 0. The third-order valence-corrected chi connectivity index (χ3v) is 13.8. The fraction of sp³-hybridized carbons (Fsp3) is 0.208. The van der Waals surface area contributed by atoms with Gasteiger partial charge >= 0.3 is 0 Å². The Kier molecular flexibility index (Phi) is 7.00. The fourth-order valence-electron chi connectivity index (χ4n) is 11.0. The first kappa shape index (κ1) is 32.9. The number of unbranched alkanes of at least 4 members (excludes halogenated alkanes) is 1. The largest absolute Gasteiger partial charge is 0.455 e. The molecule has 5 aromatic carbocycles. The van der Waals surface area contributed by atoms with Gasteiger partial charge in [0.25, 0.3) is 0 Å². The van der Waals surface area contributed by atoms with Gasteiger partial charge in [-0.05, 0) is 84.8 Å². The molecule has 0 radical (unpaired) electrons. The lowest BCUT2D eigenvalue weighted by Crippen LogP contribution is -2.71. The molecule has 0 saturated carbocycles. The molecule has 276 valence electrons. The Labute approximate surface area is 332 Å². The molecule has 7 heterocycles. The van der Waals surface area contributed by atoms with Gasteiger partial charge in [-0.25, -0.2) is 0 Å². The topological polar surface area (TPSA) is 25.3 Å². The third-order valence-electron chi connectivity index (χ3n) is 13.8. The molecule has 1 atom stereocenters. The van der Waals surface area contributed by atoms with E-state index in [4.69, 9.17) is 11.0 Å². The molecule has 1 unspecified atom stereocenters. The van der Waals surface area contributed by atoms with Gasteiger partial charge in [-0.2, -0.15) is 9.13 Å². The molecule has 10 aromatic rings. The van der Waals surface area contributed by atoms with Crippen LogP contribution in [0.15, 0.2) is 144 Å². The average Bonchev–Trinajstić information content (AvgIpc) is 3.89. The Bertz CT molecular complexity index is 3310. The molecule has 4 heteroatoms. The molecular formula is C53H45N3O+2. The molecule has 0 aliphatic carbocycles. The number of allylic oxidation sites excluding steroid dienone is 1. The average molecular weight is 740 g/mol. The molecule has 57 heavy (non-hydrogen) atoms. The zero-order valence-corrected chi connectivity index (χ0v) is 32.7. The lowest BCUT2D eigenvalue weighted by molar-refractivity contribution is -0.798. The van der Waals surface area contributed by atoms with E-state index in [2.05, 4.69) is 155 Å². The van der Waals surface area contributed by atoms with E-state index in [9.17, 15) is 0 Å². The van der Waals surface area contributed by atoms with Gasteiger partial charge in [0.05, 0.1) is 33.1 Å². The number of aromatic nitrogens is 3. The van der Waals surface area contributed by atoms with Crippen LogP contribution in [0.2, 0.25) is 0 Å². The highest BCUT2D eigenvalue weighted by atomic mass is 16.3. The number of nitrogens with zero attached hydrogens (tertiary/aromatic N) is 3. The van der Waals surface area contributed by atoms with Crippen LogP contribution in [0.4, 0.5) is 0 Å². The molecule has 0 spiro atoms. The van der Waals surface area contributed by atoms with Gasteiger partial charge in [0.1, 0.15) is 17.6 Å². The molecule has 0 amide bonds. The van der Waals surface area contributed by atoms with E-state index < -0.39 is 0 Å². The number of para-hydroxylation sites is 2. The summed E-state index contributed by atoms with van der Waals surface area (Å²) in [6.07, 6.45) is 9.45. The van der Waals surface area contributed by atoms with Crippen LogP contribution in [0.1, 0.15) is 55.5 Å². The van der Waals surface area contributed by atoms with Crippen molar-refractivity contribution in [1.29, 1.82) is 0 Å². The molecule has 5 aromatic heterocycles. The smallest absolute Gasteiger partial charge is 0.213 e. The Morgan fingerprint density at radius 1 is 0.684 bits per heavy atom. The van der Waals surface area contributed by atoms with Gasteiger partial charge in [0.15, 0.2) is 18.4 Å². The molecule has 0 fully saturated rings. The fourth-order valence-corrected chi connectivity index (χ4v) is 11.0. The van der Waals surface area contributed by atoms with Crippen molar-refractivity contribution < 1.29 is 13.6 Å². The number of fused-ring (bicyclic) bond motifs is 15. The molecule has 4 nitrogen and oxygen atoms in total. The lowest BCUT2D eigenvalue weighted by atomic mass is 9.75. The highest BCUT2D eigenvalue weighted by Gasteiger charge is 2.55. The Morgan fingerprint density at radius 2 is 1.47 bits per heavy atom. The third kappa shape index (κ3) is 4.44. The van der Waals surface area contributed by atoms with Crippen LogP contribution in [0.3, 0.4) is 0 Å². The van der Waals surface area contributed by atoms with Crippen LogP contribution in [0.5, 0.6) is 0 Å². The van der Waals surface area contributed by atoms with E-state index >= 15 is 0 Å². The zero-order valence-electron chi connectivity index (χ0n) is 32.7. The lowest BCUT2D eigenvalue weighted by Gasteiger charge is -2.38. The molecule has 0 saturated heterocycles. The van der Waals surface area contributed by atoms with Crippen LogP contribution in [0.25, 0.3) is 82.5 Å².